The quantitative estimate of drug-likeness (QED) is 0.431. The molecule has 4 aliphatic carbocycles. The lowest BCUT2D eigenvalue weighted by Crippen LogP contribution is -2.48. The van der Waals surface area contributed by atoms with E-state index in [1.165, 1.54) is 44.2 Å². The number of amidine groups is 1. The lowest BCUT2D eigenvalue weighted by molar-refractivity contribution is -0.115. The van der Waals surface area contributed by atoms with Crippen molar-refractivity contribution in [2.75, 3.05) is 7.11 Å². The average molecular weight is 479 g/mol. The van der Waals surface area contributed by atoms with Gasteiger partial charge in [-0.2, -0.15) is 0 Å². The van der Waals surface area contributed by atoms with Gasteiger partial charge in [0, 0.05) is 5.56 Å². The van der Waals surface area contributed by atoms with Gasteiger partial charge in [0.15, 0.2) is 11.6 Å². The topological polar surface area (TPSA) is 70.9 Å². The number of carbonyl (C=O) groups excluding carboxylic acids is 1. The van der Waals surface area contributed by atoms with Crippen molar-refractivity contribution in [3.63, 3.8) is 0 Å². The second-order valence-electron chi connectivity index (χ2n) is 10.3. The molecule has 4 saturated carbocycles. The maximum Gasteiger partial charge on any atom is 0.264 e. The minimum atomic E-state index is -0.557. The summed E-state index contributed by atoms with van der Waals surface area (Å²) < 4.78 is 15.1. The minimum Gasteiger partial charge on any atom is -0.505 e. The molecule has 176 valence electrons. The fourth-order valence-electron chi connectivity index (χ4n) is 7.12. The van der Waals surface area contributed by atoms with Crippen LogP contribution in [0.4, 0.5) is 4.39 Å². The molecule has 1 amide bonds. The summed E-state index contributed by atoms with van der Waals surface area (Å²) in [6, 6.07) is 11.1. The van der Waals surface area contributed by atoms with Crippen LogP contribution in [-0.4, -0.2) is 23.3 Å². The van der Waals surface area contributed by atoms with Crippen molar-refractivity contribution in [3.8, 4) is 16.9 Å². The summed E-state index contributed by atoms with van der Waals surface area (Å²) in [7, 11) is 1.43. The van der Waals surface area contributed by atoms with Crippen molar-refractivity contribution in [2.45, 2.75) is 43.9 Å². The Morgan fingerprint density at radius 2 is 1.82 bits per heavy atom. The Morgan fingerprint density at radius 1 is 1.12 bits per heavy atom. The number of nitrogens with one attached hydrogen (secondary N) is 1. The van der Waals surface area contributed by atoms with E-state index in [-0.39, 0.29) is 17.1 Å². The van der Waals surface area contributed by atoms with Gasteiger partial charge >= 0.3 is 0 Å². The summed E-state index contributed by atoms with van der Waals surface area (Å²) >= 11 is 1.21. The van der Waals surface area contributed by atoms with Gasteiger partial charge in [0.2, 0.25) is 5.17 Å². The monoisotopic (exact) mass is 478 g/mol. The summed E-state index contributed by atoms with van der Waals surface area (Å²) in [4.78, 5) is 17.5. The Morgan fingerprint density at radius 3 is 2.50 bits per heavy atom. The van der Waals surface area contributed by atoms with E-state index in [2.05, 4.69) is 10.5 Å². The Labute approximate surface area is 202 Å². The predicted octanol–water partition coefficient (Wildman–Crippen LogP) is 5.79. The van der Waals surface area contributed by atoms with Crippen LogP contribution in [0.2, 0.25) is 0 Å². The number of oxime groups is 1. The molecule has 7 heteroatoms. The third-order valence-electron chi connectivity index (χ3n) is 8.02. The SMILES string of the molecule is CON=C1NC(=O)/C(=C/c2cccc(-c3cc(F)c(O)c(C45CC6CC(CC(C6)C4)C5)c3)c2)S1. The molecule has 5 aliphatic rings. The van der Waals surface area contributed by atoms with E-state index < -0.39 is 5.82 Å². The molecule has 2 aromatic rings. The molecule has 4 bridgehead atoms. The van der Waals surface area contributed by atoms with Crippen LogP contribution >= 0.6 is 11.8 Å². The first kappa shape index (κ1) is 21.7. The van der Waals surface area contributed by atoms with E-state index in [4.69, 9.17) is 4.84 Å². The van der Waals surface area contributed by atoms with Crippen molar-refractivity contribution in [1.29, 1.82) is 0 Å². The molecule has 2 N–H and O–H groups in total. The van der Waals surface area contributed by atoms with E-state index in [1.54, 1.807) is 6.08 Å². The smallest absolute Gasteiger partial charge is 0.264 e. The largest absolute Gasteiger partial charge is 0.505 e. The highest BCUT2D eigenvalue weighted by Gasteiger charge is 2.52. The summed E-state index contributed by atoms with van der Waals surface area (Å²) in [5, 5.41) is 17.7. The number of hydrogen-bond donors (Lipinski definition) is 2. The van der Waals surface area contributed by atoms with Gasteiger partial charge in [-0.25, -0.2) is 4.39 Å². The van der Waals surface area contributed by atoms with Crippen molar-refractivity contribution in [3.05, 3.63) is 58.2 Å². The van der Waals surface area contributed by atoms with Crippen LogP contribution in [0.15, 0.2) is 46.5 Å². The first-order valence-corrected chi connectivity index (χ1v) is 12.7. The van der Waals surface area contributed by atoms with Crippen molar-refractivity contribution >= 4 is 28.9 Å². The van der Waals surface area contributed by atoms with Crippen LogP contribution in [0.1, 0.15) is 49.7 Å². The molecule has 5 fully saturated rings. The Kier molecular flexibility index (Phi) is 5.21. The Bertz CT molecular complexity index is 1200. The molecule has 1 saturated heterocycles. The number of hydrogen-bond acceptors (Lipinski definition) is 5. The van der Waals surface area contributed by atoms with Gasteiger partial charge in [-0.1, -0.05) is 23.4 Å². The number of rotatable bonds is 4. The lowest BCUT2D eigenvalue weighted by atomic mass is 9.48. The number of phenols is 1. The second kappa shape index (κ2) is 8.15. The Balaban J connectivity index is 1.36. The zero-order chi connectivity index (χ0) is 23.4. The molecule has 7 rings (SSSR count). The number of halogens is 1. The van der Waals surface area contributed by atoms with Crippen LogP contribution in [0.5, 0.6) is 5.75 Å². The number of amides is 1. The summed E-state index contributed by atoms with van der Waals surface area (Å²) in [6.07, 6.45) is 8.83. The van der Waals surface area contributed by atoms with E-state index in [0.717, 1.165) is 41.5 Å². The van der Waals surface area contributed by atoms with Gasteiger partial charge in [-0.3, -0.25) is 10.1 Å². The highest BCUT2D eigenvalue weighted by Crippen LogP contribution is 2.62. The van der Waals surface area contributed by atoms with Gasteiger partial charge in [-0.05, 0) is 114 Å². The summed E-state index contributed by atoms with van der Waals surface area (Å²) in [5.41, 5.74) is 3.13. The van der Waals surface area contributed by atoms with Crippen molar-refractivity contribution in [1.82, 2.24) is 5.32 Å². The maximum atomic E-state index is 15.1. The molecule has 5 nitrogen and oxygen atoms in total. The fourth-order valence-corrected chi connectivity index (χ4v) is 7.93. The normalized spacial score (nSPS) is 31.9. The molecular weight excluding hydrogens is 451 g/mol. The maximum absolute atomic E-state index is 15.1. The molecule has 2 aromatic carbocycles. The zero-order valence-electron chi connectivity index (χ0n) is 19.0. The summed E-state index contributed by atoms with van der Waals surface area (Å²) in [6.45, 7) is 0. The molecule has 0 aromatic heterocycles. The first-order valence-electron chi connectivity index (χ1n) is 11.9. The van der Waals surface area contributed by atoms with E-state index in [9.17, 15) is 9.90 Å². The molecule has 0 radical (unpaired) electrons. The lowest BCUT2D eigenvalue weighted by Gasteiger charge is -2.57. The standard InChI is InChI=1S/C27H27FN2O3S/c1-33-30-26-29-25(32)23(34-26)9-15-3-2-4-19(8-15)20-10-21(24(31)22(28)11-20)27-12-16-5-17(13-27)7-18(6-16)14-27/h2-4,8-11,16-18,31H,5-7,12-14H2,1H3,(H,29,30,32)/b23-9-. The van der Waals surface area contributed by atoms with Gasteiger partial charge in [0.05, 0.1) is 4.91 Å². The van der Waals surface area contributed by atoms with Crippen molar-refractivity contribution < 1.29 is 19.1 Å². The first-order chi connectivity index (χ1) is 16.4. The van der Waals surface area contributed by atoms with E-state index in [0.29, 0.717) is 27.8 Å². The van der Waals surface area contributed by atoms with E-state index >= 15 is 4.39 Å². The molecule has 34 heavy (non-hydrogen) atoms. The van der Waals surface area contributed by atoms with Gasteiger partial charge in [0.25, 0.3) is 5.91 Å². The average Bonchev–Trinajstić information content (AvgIpc) is 3.13. The number of phenolic OH excluding ortho intramolecular Hbond substituents is 1. The number of thioether (sulfide) groups is 1. The predicted molar refractivity (Wildman–Crippen MR) is 132 cm³/mol. The Hall–Kier alpha value is -2.80. The third-order valence-corrected chi connectivity index (χ3v) is 8.91. The van der Waals surface area contributed by atoms with Gasteiger partial charge < -0.3 is 9.94 Å². The molecule has 1 heterocycles. The highest BCUT2D eigenvalue weighted by atomic mass is 32.2. The number of aromatic hydroxyl groups is 1. The molecule has 0 spiro atoms. The van der Waals surface area contributed by atoms with Crippen LogP contribution in [0.25, 0.3) is 17.2 Å². The van der Waals surface area contributed by atoms with E-state index in [1.807, 2.05) is 30.3 Å². The minimum absolute atomic E-state index is 0.106. The molecule has 0 atom stereocenters. The highest BCUT2D eigenvalue weighted by molar-refractivity contribution is 8.18. The number of carbonyl (C=O) groups is 1. The van der Waals surface area contributed by atoms with Crippen molar-refractivity contribution in [2.24, 2.45) is 22.9 Å². The molecule has 1 aliphatic heterocycles. The number of benzene rings is 2. The fraction of sp³-hybridized carbons (Fsp3) is 0.407. The molecular formula is C27H27FN2O3S. The molecule has 0 unspecified atom stereocenters. The van der Waals surface area contributed by atoms with Crippen LogP contribution < -0.4 is 5.32 Å². The van der Waals surface area contributed by atoms with Crippen LogP contribution in [0.3, 0.4) is 0 Å². The van der Waals surface area contributed by atoms with Gasteiger partial charge in [-0.15, -0.1) is 0 Å². The van der Waals surface area contributed by atoms with Crippen LogP contribution in [-0.2, 0) is 15.0 Å². The zero-order valence-corrected chi connectivity index (χ0v) is 19.8. The third kappa shape index (κ3) is 3.70. The number of nitrogens with zero attached hydrogens (tertiary/aromatic N) is 1. The second-order valence-corrected chi connectivity index (χ2v) is 11.4. The van der Waals surface area contributed by atoms with Crippen LogP contribution in [0, 0.1) is 23.6 Å². The van der Waals surface area contributed by atoms with Gasteiger partial charge in [0.1, 0.15) is 7.11 Å². The summed E-state index contributed by atoms with van der Waals surface area (Å²) in [5.74, 6) is 1.15.